The van der Waals surface area contributed by atoms with Crippen LogP contribution in [0.4, 0.5) is 5.13 Å². The highest BCUT2D eigenvalue weighted by Gasteiger charge is 2.22. The summed E-state index contributed by atoms with van der Waals surface area (Å²) >= 11 is 1.22. The summed E-state index contributed by atoms with van der Waals surface area (Å²) in [6.07, 6.45) is 3.07. The van der Waals surface area contributed by atoms with Gasteiger partial charge in [0.1, 0.15) is 4.88 Å². The van der Waals surface area contributed by atoms with Gasteiger partial charge < -0.3 is 10.1 Å². The zero-order chi connectivity index (χ0) is 15.1. The first-order chi connectivity index (χ1) is 9.53. The number of nitrogens with one attached hydrogen (secondary N) is 1. The van der Waals surface area contributed by atoms with Gasteiger partial charge in [-0.15, -0.1) is 0 Å². The molecule has 112 valence electrons. The average molecular weight is 298 g/mol. The minimum atomic E-state index is -0.537. The molecule has 0 saturated heterocycles. The monoisotopic (exact) mass is 298 g/mol. The molecule has 6 heteroatoms. The number of hydrogen-bond donors (Lipinski definition) is 1. The highest BCUT2D eigenvalue weighted by molar-refractivity contribution is 7.17. The molecule has 20 heavy (non-hydrogen) atoms. The zero-order valence-electron chi connectivity index (χ0n) is 12.5. The molecule has 1 rings (SSSR count). The third kappa shape index (κ3) is 4.30. The SMILES string of the molecule is CCCC(CC)Nc1nc(C(=O)OCC)c(C(C)=O)s1. The Morgan fingerprint density at radius 1 is 1.35 bits per heavy atom. The molecule has 0 aliphatic heterocycles. The van der Waals surface area contributed by atoms with E-state index in [9.17, 15) is 9.59 Å². The van der Waals surface area contributed by atoms with Gasteiger partial charge in [-0.05, 0) is 19.8 Å². The van der Waals surface area contributed by atoms with E-state index in [1.165, 1.54) is 18.3 Å². The molecule has 0 fully saturated rings. The second kappa shape index (κ2) is 7.99. The molecule has 0 bridgehead atoms. The number of hydrogen-bond acceptors (Lipinski definition) is 6. The highest BCUT2D eigenvalue weighted by Crippen LogP contribution is 2.26. The number of ether oxygens (including phenoxy) is 1. The number of thiazole rings is 1. The summed E-state index contributed by atoms with van der Waals surface area (Å²) in [5, 5.41) is 3.90. The predicted octanol–water partition coefficient (Wildman–Crippen LogP) is 3.51. The number of aromatic nitrogens is 1. The van der Waals surface area contributed by atoms with Gasteiger partial charge in [-0.2, -0.15) is 0 Å². The number of esters is 1. The molecule has 0 aliphatic carbocycles. The van der Waals surface area contributed by atoms with Crippen molar-refractivity contribution in [1.29, 1.82) is 0 Å². The van der Waals surface area contributed by atoms with Crippen molar-refractivity contribution in [3.05, 3.63) is 10.6 Å². The standard InChI is InChI=1S/C14H22N2O3S/c1-5-8-10(6-2)15-14-16-11(13(18)19-7-3)12(20-14)9(4)17/h10H,5-8H2,1-4H3,(H,15,16). The van der Waals surface area contributed by atoms with Gasteiger partial charge in [0.2, 0.25) is 0 Å². The minimum absolute atomic E-state index is 0.123. The summed E-state index contributed by atoms with van der Waals surface area (Å²) in [6, 6.07) is 0.306. The van der Waals surface area contributed by atoms with Crippen LogP contribution in [0.1, 0.15) is 67.1 Å². The van der Waals surface area contributed by atoms with Crippen molar-refractivity contribution in [3.8, 4) is 0 Å². The lowest BCUT2D eigenvalue weighted by molar-refractivity contribution is 0.0517. The number of Topliss-reactive ketones (excluding diaryl/α,β-unsaturated/α-hetero) is 1. The first kappa shape index (κ1) is 16.6. The molecule has 1 atom stereocenters. The van der Waals surface area contributed by atoms with Crippen LogP contribution in [0.2, 0.25) is 0 Å². The van der Waals surface area contributed by atoms with Gasteiger partial charge in [-0.25, -0.2) is 9.78 Å². The summed E-state index contributed by atoms with van der Waals surface area (Å²) in [4.78, 5) is 28.0. The third-order valence-corrected chi connectivity index (χ3v) is 3.96. The minimum Gasteiger partial charge on any atom is -0.461 e. The van der Waals surface area contributed by atoms with E-state index in [2.05, 4.69) is 24.1 Å². The molecule has 1 heterocycles. The Balaban J connectivity index is 2.96. The van der Waals surface area contributed by atoms with E-state index >= 15 is 0 Å². The number of ketones is 1. The van der Waals surface area contributed by atoms with Crippen LogP contribution < -0.4 is 5.32 Å². The van der Waals surface area contributed by atoms with Crippen molar-refractivity contribution in [2.45, 2.75) is 53.0 Å². The van der Waals surface area contributed by atoms with Crippen molar-refractivity contribution in [3.63, 3.8) is 0 Å². The second-order valence-electron chi connectivity index (χ2n) is 4.51. The van der Waals surface area contributed by atoms with Gasteiger partial charge in [0, 0.05) is 13.0 Å². The Labute approximate surface area is 123 Å². The van der Waals surface area contributed by atoms with Crippen LogP contribution in [0.15, 0.2) is 0 Å². The molecule has 0 amide bonds. The number of carbonyl (C=O) groups excluding carboxylic acids is 2. The lowest BCUT2D eigenvalue weighted by Crippen LogP contribution is -2.18. The molecule has 1 aromatic heterocycles. The summed E-state index contributed by atoms with van der Waals surface area (Å²) in [6.45, 7) is 7.65. The maximum Gasteiger partial charge on any atom is 0.358 e. The van der Waals surface area contributed by atoms with E-state index in [0.717, 1.165) is 19.3 Å². The van der Waals surface area contributed by atoms with Gasteiger partial charge in [-0.3, -0.25) is 4.79 Å². The fraction of sp³-hybridized carbons (Fsp3) is 0.643. The Morgan fingerprint density at radius 2 is 2.05 bits per heavy atom. The summed E-state index contributed by atoms with van der Waals surface area (Å²) in [7, 11) is 0. The number of carbonyl (C=O) groups is 2. The lowest BCUT2D eigenvalue weighted by Gasteiger charge is -2.14. The summed E-state index contributed by atoms with van der Waals surface area (Å²) < 4.78 is 4.94. The van der Waals surface area contributed by atoms with E-state index in [1.807, 2.05) is 0 Å². The van der Waals surface area contributed by atoms with E-state index < -0.39 is 5.97 Å². The lowest BCUT2D eigenvalue weighted by atomic mass is 10.1. The molecular formula is C14H22N2O3S. The van der Waals surface area contributed by atoms with E-state index in [4.69, 9.17) is 4.74 Å². The Morgan fingerprint density at radius 3 is 2.55 bits per heavy atom. The molecule has 0 saturated carbocycles. The largest absolute Gasteiger partial charge is 0.461 e. The van der Waals surface area contributed by atoms with Crippen LogP contribution in [0.5, 0.6) is 0 Å². The van der Waals surface area contributed by atoms with E-state index in [0.29, 0.717) is 16.1 Å². The van der Waals surface area contributed by atoms with Crippen LogP contribution in [-0.4, -0.2) is 29.4 Å². The summed E-state index contributed by atoms with van der Waals surface area (Å²) in [5.74, 6) is -0.701. The smallest absolute Gasteiger partial charge is 0.358 e. The molecule has 0 spiro atoms. The average Bonchev–Trinajstić information content (AvgIpc) is 2.82. The van der Waals surface area contributed by atoms with Gasteiger partial charge in [0.15, 0.2) is 16.6 Å². The normalized spacial score (nSPS) is 12.0. The second-order valence-corrected chi connectivity index (χ2v) is 5.51. The first-order valence-corrected chi connectivity index (χ1v) is 7.80. The molecule has 5 nitrogen and oxygen atoms in total. The molecular weight excluding hydrogens is 276 g/mol. The number of anilines is 1. The van der Waals surface area contributed by atoms with Gasteiger partial charge in [0.05, 0.1) is 6.61 Å². The van der Waals surface area contributed by atoms with Gasteiger partial charge in [0.25, 0.3) is 0 Å². The fourth-order valence-electron chi connectivity index (χ4n) is 1.86. The van der Waals surface area contributed by atoms with Crippen molar-refractivity contribution < 1.29 is 14.3 Å². The Hall–Kier alpha value is -1.43. The predicted molar refractivity (Wildman–Crippen MR) is 80.7 cm³/mol. The summed E-state index contributed by atoms with van der Waals surface area (Å²) in [5.41, 5.74) is 0.123. The van der Waals surface area contributed by atoms with Crippen LogP contribution in [0, 0.1) is 0 Å². The molecule has 1 unspecified atom stereocenters. The molecule has 1 aromatic rings. The third-order valence-electron chi connectivity index (χ3n) is 2.87. The topological polar surface area (TPSA) is 68.3 Å². The van der Waals surface area contributed by atoms with Crippen molar-refractivity contribution >= 4 is 28.2 Å². The van der Waals surface area contributed by atoms with Gasteiger partial charge in [-0.1, -0.05) is 31.6 Å². The van der Waals surface area contributed by atoms with Crippen molar-refractivity contribution in [1.82, 2.24) is 4.98 Å². The highest BCUT2D eigenvalue weighted by atomic mass is 32.1. The van der Waals surface area contributed by atoms with Crippen LogP contribution >= 0.6 is 11.3 Å². The molecule has 0 aromatic carbocycles. The zero-order valence-corrected chi connectivity index (χ0v) is 13.3. The number of nitrogens with zero attached hydrogens (tertiary/aromatic N) is 1. The first-order valence-electron chi connectivity index (χ1n) is 6.98. The maximum atomic E-state index is 11.8. The van der Waals surface area contributed by atoms with Crippen LogP contribution in [-0.2, 0) is 4.74 Å². The van der Waals surface area contributed by atoms with Crippen LogP contribution in [0.25, 0.3) is 0 Å². The quantitative estimate of drug-likeness (QED) is 0.587. The molecule has 0 radical (unpaired) electrons. The van der Waals surface area contributed by atoms with E-state index in [1.54, 1.807) is 6.92 Å². The molecule has 1 N–H and O–H groups in total. The Kier molecular flexibility index (Phi) is 6.64. The number of rotatable bonds is 8. The van der Waals surface area contributed by atoms with E-state index in [-0.39, 0.29) is 18.1 Å². The van der Waals surface area contributed by atoms with Crippen LogP contribution in [0.3, 0.4) is 0 Å². The molecule has 0 aliphatic rings. The fourth-order valence-corrected chi connectivity index (χ4v) is 2.78. The van der Waals surface area contributed by atoms with Gasteiger partial charge >= 0.3 is 5.97 Å². The maximum absolute atomic E-state index is 11.8. The van der Waals surface area contributed by atoms with Crippen molar-refractivity contribution in [2.24, 2.45) is 0 Å². The van der Waals surface area contributed by atoms with Crippen molar-refractivity contribution in [2.75, 3.05) is 11.9 Å². The Bertz CT molecular complexity index is 471.